The Bertz CT molecular complexity index is 628. The molecule has 0 aromatic heterocycles. The lowest BCUT2D eigenvalue weighted by molar-refractivity contribution is 0.520. The standard InChI is InChI=1S/C17H20ClFN2/c1-11-3-4-13(7-12(11)2)8-16(21-20)10-14-9-15(19)5-6-17(14)18/h3-7,9,16,21H,8,10,20H2,1-2H3. The fraction of sp³-hybridized carbons (Fsp3) is 0.294. The number of hydrogen-bond donors (Lipinski definition) is 2. The maximum absolute atomic E-state index is 13.3. The van der Waals surface area contributed by atoms with Crippen LogP contribution in [-0.4, -0.2) is 6.04 Å². The van der Waals surface area contributed by atoms with Gasteiger partial charge in [0.15, 0.2) is 0 Å². The second kappa shape index (κ2) is 7.03. The van der Waals surface area contributed by atoms with E-state index in [0.29, 0.717) is 11.4 Å². The van der Waals surface area contributed by atoms with Crippen molar-refractivity contribution >= 4 is 11.6 Å². The number of hydrazine groups is 1. The number of nitrogens with one attached hydrogen (secondary N) is 1. The van der Waals surface area contributed by atoms with Crippen molar-refractivity contribution in [1.82, 2.24) is 5.43 Å². The number of halogens is 2. The van der Waals surface area contributed by atoms with E-state index in [0.717, 1.165) is 12.0 Å². The highest BCUT2D eigenvalue weighted by Crippen LogP contribution is 2.20. The molecule has 0 fully saturated rings. The lowest BCUT2D eigenvalue weighted by Crippen LogP contribution is -2.38. The molecule has 0 spiro atoms. The van der Waals surface area contributed by atoms with Gasteiger partial charge in [0.1, 0.15) is 5.82 Å². The van der Waals surface area contributed by atoms with Crippen LogP contribution in [0.2, 0.25) is 5.02 Å². The average Bonchev–Trinajstić information content (AvgIpc) is 2.46. The monoisotopic (exact) mass is 306 g/mol. The molecule has 1 unspecified atom stereocenters. The van der Waals surface area contributed by atoms with E-state index in [4.69, 9.17) is 17.4 Å². The van der Waals surface area contributed by atoms with Crippen LogP contribution in [0.3, 0.4) is 0 Å². The Morgan fingerprint density at radius 3 is 2.52 bits per heavy atom. The van der Waals surface area contributed by atoms with Crippen molar-refractivity contribution in [3.05, 3.63) is 69.5 Å². The molecule has 2 aromatic carbocycles. The molecule has 2 rings (SSSR count). The first-order chi connectivity index (χ1) is 9.99. The van der Waals surface area contributed by atoms with E-state index in [9.17, 15) is 4.39 Å². The largest absolute Gasteiger partial charge is 0.271 e. The minimum atomic E-state index is -0.281. The highest BCUT2D eigenvalue weighted by molar-refractivity contribution is 6.31. The summed E-state index contributed by atoms with van der Waals surface area (Å²) >= 11 is 6.11. The maximum Gasteiger partial charge on any atom is 0.123 e. The van der Waals surface area contributed by atoms with Gasteiger partial charge in [-0.2, -0.15) is 0 Å². The minimum absolute atomic E-state index is 0.00593. The van der Waals surface area contributed by atoms with Crippen LogP contribution in [0.4, 0.5) is 4.39 Å². The summed E-state index contributed by atoms with van der Waals surface area (Å²) in [6, 6.07) is 10.8. The Balaban J connectivity index is 2.12. The smallest absolute Gasteiger partial charge is 0.123 e. The van der Waals surface area contributed by atoms with Crippen molar-refractivity contribution < 1.29 is 4.39 Å². The predicted octanol–water partition coefficient (Wildman–Crippen LogP) is 3.71. The highest BCUT2D eigenvalue weighted by Gasteiger charge is 2.12. The molecule has 3 N–H and O–H groups in total. The summed E-state index contributed by atoms with van der Waals surface area (Å²) in [5, 5.41) is 0.566. The number of rotatable bonds is 5. The molecule has 0 aliphatic heterocycles. The molecule has 0 aliphatic rings. The van der Waals surface area contributed by atoms with E-state index >= 15 is 0 Å². The van der Waals surface area contributed by atoms with Crippen LogP contribution in [0.5, 0.6) is 0 Å². The topological polar surface area (TPSA) is 38.0 Å². The summed E-state index contributed by atoms with van der Waals surface area (Å²) < 4.78 is 13.3. The SMILES string of the molecule is Cc1ccc(CC(Cc2cc(F)ccc2Cl)NN)cc1C. The predicted molar refractivity (Wildman–Crippen MR) is 85.8 cm³/mol. The second-order valence-electron chi connectivity index (χ2n) is 5.43. The van der Waals surface area contributed by atoms with Crippen molar-refractivity contribution in [2.75, 3.05) is 0 Å². The van der Waals surface area contributed by atoms with Gasteiger partial charge in [-0.25, -0.2) is 4.39 Å². The lowest BCUT2D eigenvalue weighted by Gasteiger charge is -2.17. The molecule has 21 heavy (non-hydrogen) atoms. The molecule has 0 bridgehead atoms. The van der Waals surface area contributed by atoms with Crippen molar-refractivity contribution in [3.63, 3.8) is 0 Å². The van der Waals surface area contributed by atoms with Gasteiger partial charge in [-0.1, -0.05) is 29.8 Å². The highest BCUT2D eigenvalue weighted by atomic mass is 35.5. The molecule has 0 radical (unpaired) electrons. The number of hydrogen-bond acceptors (Lipinski definition) is 2. The minimum Gasteiger partial charge on any atom is -0.271 e. The normalized spacial score (nSPS) is 12.4. The van der Waals surface area contributed by atoms with Crippen LogP contribution in [0.15, 0.2) is 36.4 Å². The summed E-state index contributed by atoms with van der Waals surface area (Å²) in [4.78, 5) is 0. The first-order valence-corrected chi connectivity index (χ1v) is 7.33. The van der Waals surface area contributed by atoms with Crippen LogP contribution in [0.25, 0.3) is 0 Å². The van der Waals surface area contributed by atoms with Crippen molar-refractivity contribution in [1.29, 1.82) is 0 Å². The van der Waals surface area contributed by atoms with E-state index < -0.39 is 0 Å². The van der Waals surface area contributed by atoms with Crippen LogP contribution in [0.1, 0.15) is 22.3 Å². The maximum atomic E-state index is 13.3. The molecule has 1 atom stereocenters. The molecule has 2 aromatic rings. The Morgan fingerprint density at radius 2 is 1.86 bits per heavy atom. The van der Waals surface area contributed by atoms with Crippen LogP contribution >= 0.6 is 11.6 Å². The molecule has 4 heteroatoms. The van der Waals surface area contributed by atoms with Gasteiger partial charge < -0.3 is 0 Å². The van der Waals surface area contributed by atoms with Gasteiger partial charge in [-0.15, -0.1) is 0 Å². The summed E-state index contributed by atoms with van der Waals surface area (Å²) in [5.41, 5.74) is 7.29. The van der Waals surface area contributed by atoms with Gasteiger partial charge in [0, 0.05) is 11.1 Å². The first kappa shape index (κ1) is 16.0. The third kappa shape index (κ3) is 4.27. The fourth-order valence-corrected chi connectivity index (χ4v) is 2.56. The van der Waals surface area contributed by atoms with E-state index in [1.165, 1.54) is 28.8 Å². The van der Waals surface area contributed by atoms with Crippen molar-refractivity contribution in [2.45, 2.75) is 32.7 Å². The van der Waals surface area contributed by atoms with E-state index in [1.807, 2.05) is 0 Å². The Morgan fingerprint density at radius 1 is 1.10 bits per heavy atom. The summed E-state index contributed by atoms with van der Waals surface area (Å²) in [6.45, 7) is 4.18. The summed E-state index contributed by atoms with van der Waals surface area (Å²) in [7, 11) is 0. The van der Waals surface area contributed by atoms with Crippen LogP contribution in [-0.2, 0) is 12.8 Å². The molecular weight excluding hydrogens is 287 g/mol. The second-order valence-corrected chi connectivity index (χ2v) is 5.83. The zero-order valence-corrected chi connectivity index (χ0v) is 13.0. The summed E-state index contributed by atoms with van der Waals surface area (Å²) in [5.74, 6) is 5.36. The molecule has 0 amide bonds. The number of nitrogens with two attached hydrogens (primary N) is 1. The number of benzene rings is 2. The van der Waals surface area contributed by atoms with E-state index in [1.54, 1.807) is 6.07 Å². The van der Waals surface area contributed by atoms with Crippen LogP contribution in [0, 0.1) is 19.7 Å². The Labute approximate surface area is 130 Å². The molecule has 0 saturated carbocycles. The first-order valence-electron chi connectivity index (χ1n) is 6.95. The van der Waals surface area contributed by atoms with Crippen molar-refractivity contribution in [3.8, 4) is 0 Å². The molecule has 0 saturated heterocycles. The van der Waals surface area contributed by atoms with E-state index in [2.05, 4.69) is 37.5 Å². The van der Waals surface area contributed by atoms with E-state index in [-0.39, 0.29) is 11.9 Å². The zero-order chi connectivity index (χ0) is 15.4. The van der Waals surface area contributed by atoms with Gasteiger partial charge >= 0.3 is 0 Å². The Hall–Kier alpha value is -1.42. The molecule has 112 valence electrons. The molecular formula is C17H20ClFN2. The third-order valence-electron chi connectivity index (χ3n) is 3.76. The molecule has 2 nitrogen and oxygen atoms in total. The lowest BCUT2D eigenvalue weighted by atomic mass is 9.97. The quantitative estimate of drug-likeness (QED) is 0.653. The molecule has 0 heterocycles. The van der Waals surface area contributed by atoms with Gasteiger partial charge in [-0.05, 0) is 67.1 Å². The van der Waals surface area contributed by atoms with Crippen LogP contribution < -0.4 is 11.3 Å². The zero-order valence-electron chi connectivity index (χ0n) is 12.3. The summed E-state index contributed by atoms with van der Waals surface area (Å²) in [6.07, 6.45) is 1.35. The molecule has 0 aliphatic carbocycles. The van der Waals surface area contributed by atoms with Gasteiger partial charge in [0.05, 0.1) is 0 Å². The fourth-order valence-electron chi connectivity index (χ4n) is 2.37. The Kier molecular flexibility index (Phi) is 5.34. The van der Waals surface area contributed by atoms with Gasteiger partial charge in [0.25, 0.3) is 0 Å². The van der Waals surface area contributed by atoms with Gasteiger partial charge in [-0.3, -0.25) is 11.3 Å². The van der Waals surface area contributed by atoms with Gasteiger partial charge in [0.2, 0.25) is 0 Å². The van der Waals surface area contributed by atoms with Crippen molar-refractivity contribution in [2.24, 2.45) is 5.84 Å². The third-order valence-corrected chi connectivity index (χ3v) is 4.13. The number of aryl methyl sites for hydroxylation is 2. The average molecular weight is 307 g/mol.